The summed E-state index contributed by atoms with van der Waals surface area (Å²) in [5.74, 6) is -0.947. The van der Waals surface area contributed by atoms with E-state index in [-0.39, 0.29) is 25.3 Å². The van der Waals surface area contributed by atoms with Crippen molar-refractivity contribution in [2.24, 2.45) is 5.41 Å². The molecule has 2 fully saturated rings. The molecule has 2 amide bonds. The van der Waals surface area contributed by atoms with Crippen LogP contribution in [0.1, 0.15) is 19.8 Å². The van der Waals surface area contributed by atoms with Gasteiger partial charge < -0.3 is 25.4 Å². The van der Waals surface area contributed by atoms with Crippen LogP contribution in [0.3, 0.4) is 0 Å². The van der Waals surface area contributed by atoms with Gasteiger partial charge in [0.2, 0.25) is 0 Å². The molecular weight excluding hydrogens is 262 g/mol. The standard InChI is InChI=1S/C13H23N3O4/c1-13(11(17)18)8-20-7-10(13)15-12(19)14-9-4-3-5-16(2)6-9/h9-10H,3-8H2,1-2H3,(H,17,18)(H2,14,15,19). The summed E-state index contributed by atoms with van der Waals surface area (Å²) in [7, 11) is 2.03. The normalized spacial score (nSPS) is 34.7. The van der Waals surface area contributed by atoms with E-state index in [0.717, 1.165) is 25.9 Å². The highest BCUT2D eigenvalue weighted by Gasteiger charge is 2.47. The van der Waals surface area contributed by atoms with Crippen molar-refractivity contribution in [1.29, 1.82) is 0 Å². The zero-order chi connectivity index (χ0) is 14.8. The fourth-order valence-corrected chi connectivity index (χ4v) is 2.75. The van der Waals surface area contributed by atoms with E-state index in [2.05, 4.69) is 15.5 Å². The Balaban J connectivity index is 1.86. The number of hydrogen-bond donors (Lipinski definition) is 3. The third kappa shape index (κ3) is 3.21. The van der Waals surface area contributed by atoms with Crippen molar-refractivity contribution < 1.29 is 19.4 Å². The first-order valence-electron chi connectivity index (χ1n) is 6.98. The maximum atomic E-state index is 12.0. The molecule has 0 saturated carbocycles. The number of carbonyl (C=O) groups excluding carboxylic acids is 1. The minimum atomic E-state index is -1.05. The second kappa shape index (κ2) is 5.97. The minimum absolute atomic E-state index is 0.118. The van der Waals surface area contributed by atoms with Gasteiger partial charge in [-0.05, 0) is 33.4 Å². The molecule has 3 N–H and O–H groups in total. The van der Waals surface area contributed by atoms with Crippen molar-refractivity contribution >= 4 is 12.0 Å². The molecule has 0 aliphatic carbocycles. The van der Waals surface area contributed by atoms with Gasteiger partial charge in [-0.2, -0.15) is 0 Å². The summed E-state index contributed by atoms with van der Waals surface area (Å²) >= 11 is 0. The summed E-state index contributed by atoms with van der Waals surface area (Å²) in [6, 6.07) is -0.693. The number of urea groups is 1. The lowest BCUT2D eigenvalue weighted by Crippen LogP contribution is -2.55. The number of ether oxygens (including phenoxy) is 1. The minimum Gasteiger partial charge on any atom is -0.481 e. The SMILES string of the molecule is CN1CCCC(NC(=O)NC2COCC2(C)C(=O)O)C1. The number of likely N-dealkylation sites (tertiary alicyclic amines) is 1. The van der Waals surface area contributed by atoms with Crippen molar-refractivity contribution in [3.05, 3.63) is 0 Å². The van der Waals surface area contributed by atoms with Gasteiger partial charge in [0.05, 0.1) is 19.3 Å². The molecule has 3 atom stereocenters. The molecule has 114 valence electrons. The number of hydrogen-bond acceptors (Lipinski definition) is 4. The highest BCUT2D eigenvalue weighted by molar-refractivity contribution is 5.79. The van der Waals surface area contributed by atoms with E-state index >= 15 is 0 Å². The number of carboxylic acid groups (broad SMARTS) is 1. The first-order valence-corrected chi connectivity index (χ1v) is 6.98. The van der Waals surface area contributed by atoms with Gasteiger partial charge in [0, 0.05) is 12.6 Å². The Morgan fingerprint density at radius 2 is 2.15 bits per heavy atom. The first-order chi connectivity index (χ1) is 9.41. The lowest BCUT2D eigenvalue weighted by molar-refractivity contribution is -0.148. The number of nitrogens with zero attached hydrogens (tertiary/aromatic N) is 1. The molecule has 0 aromatic carbocycles. The van der Waals surface area contributed by atoms with Gasteiger partial charge in [-0.25, -0.2) is 4.79 Å². The maximum Gasteiger partial charge on any atom is 0.315 e. The van der Waals surface area contributed by atoms with E-state index in [9.17, 15) is 14.7 Å². The Bertz CT molecular complexity index is 390. The van der Waals surface area contributed by atoms with Crippen LogP contribution in [0.5, 0.6) is 0 Å². The molecule has 0 radical (unpaired) electrons. The zero-order valence-electron chi connectivity index (χ0n) is 12.0. The van der Waals surface area contributed by atoms with Gasteiger partial charge in [-0.1, -0.05) is 0 Å². The molecule has 2 aliphatic rings. The largest absolute Gasteiger partial charge is 0.481 e. The highest BCUT2D eigenvalue weighted by Crippen LogP contribution is 2.28. The Labute approximate surface area is 118 Å². The molecule has 0 aromatic heterocycles. The summed E-state index contributed by atoms with van der Waals surface area (Å²) in [6.45, 7) is 3.83. The Morgan fingerprint density at radius 1 is 1.40 bits per heavy atom. The smallest absolute Gasteiger partial charge is 0.315 e. The number of carbonyl (C=O) groups is 2. The number of piperidine rings is 1. The summed E-state index contributed by atoms with van der Waals surface area (Å²) in [5.41, 5.74) is -1.05. The molecule has 7 heteroatoms. The first kappa shape index (κ1) is 15.1. The van der Waals surface area contributed by atoms with E-state index in [0.29, 0.717) is 0 Å². The maximum absolute atomic E-state index is 12.0. The fourth-order valence-electron chi connectivity index (χ4n) is 2.75. The Morgan fingerprint density at radius 3 is 2.80 bits per heavy atom. The number of carboxylic acids is 1. The number of amides is 2. The Hall–Kier alpha value is -1.34. The number of likely N-dealkylation sites (N-methyl/N-ethyl adjacent to an activating group) is 1. The summed E-state index contributed by atoms with van der Waals surface area (Å²) < 4.78 is 5.21. The van der Waals surface area contributed by atoms with Gasteiger partial charge in [-0.3, -0.25) is 4.79 Å². The van der Waals surface area contributed by atoms with E-state index in [1.54, 1.807) is 6.92 Å². The van der Waals surface area contributed by atoms with Crippen LogP contribution in [0.15, 0.2) is 0 Å². The van der Waals surface area contributed by atoms with Crippen LogP contribution in [0.2, 0.25) is 0 Å². The summed E-state index contributed by atoms with van der Waals surface area (Å²) in [4.78, 5) is 25.5. The molecule has 2 aliphatic heterocycles. The molecule has 3 unspecified atom stereocenters. The van der Waals surface area contributed by atoms with Gasteiger partial charge in [-0.15, -0.1) is 0 Å². The molecule has 20 heavy (non-hydrogen) atoms. The number of nitrogens with one attached hydrogen (secondary N) is 2. The monoisotopic (exact) mass is 285 g/mol. The van der Waals surface area contributed by atoms with Crippen molar-refractivity contribution in [3.63, 3.8) is 0 Å². The van der Waals surface area contributed by atoms with Crippen LogP contribution in [-0.2, 0) is 9.53 Å². The lowest BCUT2D eigenvalue weighted by atomic mass is 9.85. The molecular formula is C13H23N3O4. The van der Waals surface area contributed by atoms with Gasteiger partial charge >= 0.3 is 12.0 Å². The van der Waals surface area contributed by atoms with Crippen LogP contribution in [0, 0.1) is 5.41 Å². The predicted molar refractivity (Wildman–Crippen MR) is 72.5 cm³/mol. The van der Waals surface area contributed by atoms with E-state index in [4.69, 9.17) is 4.74 Å². The summed E-state index contributed by atoms with van der Waals surface area (Å²) in [5, 5.41) is 14.9. The molecule has 2 rings (SSSR count). The van der Waals surface area contributed by atoms with Gasteiger partial charge in [0.1, 0.15) is 5.41 Å². The predicted octanol–water partition coefficient (Wildman–Crippen LogP) is -0.130. The number of rotatable bonds is 3. The van der Waals surface area contributed by atoms with E-state index in [1.807, 2.05) is 7.05 Å². The number of aliphatic carboxylic acids is 1. The second-order valence-electron chi connectivity index (χ2n) is 6.01. The third-order valence-electron chi connectivity index (χ3n) is 4.21. The van der Waals surface area contributed by atoms with Crippen molar-refractivity contribution in [2.75, 3.05) is 33.4 Å². The van der Waals surface area contributed by atoms with Crippen LogP contribution in [-0.4, -0.2) is 67.4 Å². The van der Waals surface area contributed by atoms with E-state index in [1.165, 1.54) is 0 Å². The average molecular weight is 285 g/mol. The third-order valence-corrected chi connectivity index (χ3v) is 4.21. The van der Waals surface area contributed by atoms with Gasteiger partial charge in [0.15, 0.2) is 0 Å². The average Bonchev–Trinajstić information content (AvgIpc) is 2.72. The van der Waals surface area contributed by atoms with Crippen molar-refractivity contribution in [1.82, 2.24) is 15.5 Å². The lowest BCUT2D eigenvalue weighted by Gasteiger charge is -2.31. The van der Waals surface area contributed by atoms with E-state index < -0.39 is 17.4 Å². The van der Waals surface area contributed by atoms with Crippen molar-refractivity contribution in [2.45, 2.75) is 31.8 Å². The second-order valence-corrected chi connectivity index (χ2v) is 6.01. The molecule has 7 nitrogen and oxygen atoms in total. The Kier molecular flexibility index (Phi) is 4.49. The molecule has 2 saturated heterocycles. The molecule has 0 spiro atoms. The zero-order valence-corrected chi connectivity index (χ0v) is 12.0. The highest BCUT2D eigenvalue weighted by atomic mass is 16.5. The fraction of sp³-hybridized carbons (Fsp3) is 0.846. The summed E-state index contributed by atoms with van der Waals surface area (Å²) in [6.07, 6.45) is 2.01. The topological polar surface area (TPSA) is 90.9 Å². The van der Waals surface area contributed by atoms with Crippen LogP contribution in [0.4, 0.5) is 4.79 Å². The van der Waals surface area contributed by atoms with Gasteiger partial charge in [0.25, 0.3) is 0 Å². The molecule has 0 bridgehead atoms. The van der Waals surface area contributed by atoms with Crippen LogP contribution < -0.4 is 10.6 Å². The molecule has 2 heterocycles. The quantitative estimate of drug-likeness (QED) is 0.672. The van der Waals surface area contributed by atoms with Crippen LogP contribution >= 0.6 is 0 Å². The van der Waals surface area contributed by atoms with Crippen LogP contribution in [0.25, 0.3) is 0 Å². The molecule has 0 aromatic rings. The van der Waals surface area contributed by atoms with Crippen molar-refractivity contribution in [3.8, 4) is 0 Å².